The number of hydrogen-bond donors (Lipinski definition) is 1. The number of fused-ring (bicyclic) bond motifs is 1. The van der Waals surface area contributed by atoms with E-state index in [0.717, 1.165) is 16.8 Å². The van der Waals surface area contributed by atoms with E-state index >= 15 is 0 Å². The molecule has 0 fully saturated rings. The van der Waals surface area contributed by atoms with Crippen molar-refractivity contribution in [2.24, 2.45) is 0 Å². The molecule has 1 aromatic heterocycles. The van der Waals surface area contributed by atoms with Crippen LogP contribution >= 0.6 is 0 Å². The van der Waals surface area contributed by atoms with E-state index in [1.165, 1.54) is 12.1 Å². The molecule has 1 aliphatic rings. The summed E-state index contributed by atoms with van der Waals surface area (Å²) in [5, 5.41) is 7.65. The number of rotatable bonds is 5. The van der Waals surface area contributed by atoms with E-state index in [1.54, 1.807) is 35.0 Å². The van der Waals surface area contributed by atoms with Crippen LogP contribution in [0.5, 0.6) is 11.5 Å². The van der Waals surface area contributed by atoms with Crippen molar-refractivity contribution in [2.45, 2.75) is 6.54 Å². The molecule has 32 heavy (non-hydrogen) atoms. The summed E-state index contributed by atoms with van der Waals surface area (Å²) in [6, 6.07) is 21.1. The summed E-state index contributed by atoms with van der Waals surface area (Å²) in [7, 11) is 0. The maximum Gasteiger partial charge on any atom is 0.255 e. The summed E-state index contributed by atoms with van der Waals surface area (Å²) < 4.78 is 26.4. The van der Waals surface area contributed by atoms with Gasteiger partial charge in [0.2, 0.25) is 0 Å². The first-order valence-electron chi connectivity index (χ1n) is 10.3. The van der Waals surface area contributed by atoms with Gasteiger partial charge in [0.15, 0.2) is 11.5 Å². The number of amides is 1. The Hall–Kier alpha value is -4.13. The highest BCUT2D eigenvalue weighted by Gasteiger charge is 2.21. The Morgan fingerprint density at radius 2 is 1.75 bits per heavy atom. The molecule has 0 spiro atoms. The first kappa shape index (κ1) is 19.8. The topological polar surface area (TPSA) is 65.4 Å². The van der Waals surface area contributed by atoms with E-state index in [9.17, 15) is 9.18 Å². The number of hydrogen-bond acceptors (Lipinski definition) is 4. The van der Waals surface area contributed by atoms with E-state index in [1.807, 2.05) is 36.5 Å². The first-order chi connectivity index (χ1) is 15.7. The Labute approximate surface area is 184 Å². The SMILES string of the molecule is O=C(NCc1cn(-c2ccccc2)nc1-c1ccc(F)cc1)c1cccc2c1OCCO2. The molecule has 1 amide bonds. The molecular weight excluding hydrogens is 409 g/mol. The molecule has 0 aliphatic carbocycles. The van der Waals surface area contributed by atoms with Crippen LogP contribution in [0, 0.1) is 5.82 Å². The molecule has 0 saturated carbocycles. The Morgan fingerprint density at radius 1 is 0.969 bits per heavy atom. The lowest BCUT2D eigenvalue weighted by molar-refractivity contribution is 0.0940. The predicted octanol–water partition coefficient (Wildman–Crippen LogP) is 4.38. The van der Waals surface area contributed by atoms with E-state index in [-0.39, 0.29) is 18.3 Å². The van der Waals surface area contributed by atoms with Crippen LogP contribution < -0.4 is 14.8 Å². The van der Waals surface area contributed by atoms with E-state index in [2.05, 4.69) is 5.32 Å². The Morgan fingerprint density at radius 3 is 2.56 bits per heavy atom. The molecule has 4 aromatic rings. The number of nitrogens with zero attached hydrogens (tertiary/aromatic N) is 2. The van der Waals surface area contributed by atoms with Crippen molar-refractivity contribution in [3.8, 4) is 28.4 Å². The molecule has 7 heteroatoms. The number of nitrogens with one attached hydrogen (secondary N) is 1. The van der Waals surface area contributed by atoms with Gasteiger partial charge in [0.25, 0.3) is 5.91 Å². The second-order valence-corrected chi connectivity index (χ2v) is 7.30. The highest BCUT2D eigenvalue weighted by atomic mass is 19.1. The quantitative estimate of drug-likeness (QED) is 0.511. The number of halogens is 1. The number of carbonyl (C=O) groups is 1. The van der Waals surface area contributed by atoms with Crippen molar-refractivity contribution in [1.29, 1.82) is 0 Å². The molecule has 0 saturated heterocycles. The number of ether oxygens (including phenoxy) is 2. The summed E-state index contributed by atoms with van der Waals surface area (Å²) in [5.74, 6) is 0.426. The zero-order valence-electron chi connectivity index (χ0n) is 17.1. The van der Waals surface area contributed by atoms with Gasteiger partial charge < -0.3 is 14.8 Å². The maximum absolute atomic E-state index is 13.4. The van der Waals surface area contributed by atoms with Crippen LogP contribution in [-0.4, -0.2) is 28.9 Å². The van der Waals surface area contributed by atoms with Gasteiger partial charge in [-0.3, -0.25) is 4.79 Å². The summed E-state index contributed by atoms with van der Waals surface area (Å²) >= 11 is 0. The van der Waals surface area contributed by atoms with Gasteiger partial charge in [0.1, 0.15) is 19.0 Å². The van der Waals surface area contributed by atoms with Gasteiger partial charge in [-0.1, -0.05) is 24.3 Å². The molecular formula is C25H20FN3O3. The molecule has 0 atom stereocenters. The van der Waals surface area contributed by atoms with Gasteiger partial charge in [0, 0.05) is 23.9 Å². The van der Waals surface area contributed by atoms with Crippen LogP contribution in [-0.2, 0) is 6.54 Å². The molecule has 160 valence electrons. The lowest BCUT2D eigenvalue weighted by Gasteiger charge is -2.20. The number of para-hydroxylation sites is 2. The van der Waals surface area contributed by atoms with Gasteiger partial charge in [-0.05, 0) is 48.5 Å². The largest absolute Gasteiger partial charge is 0.486 e. The number of carbonyl (C=O) groups excluding carboxylic acids is 1. The molecule has 0 unspecified atom stereocenters. The second kappa shape index (κ2) is 8.55. The summed E-state index contributed by atoms with van der Waals surface area (Å²) in [6.07, 6.45) is 1.87. The normalized spacial score (nSPS) is 12.4. The van der Waals surface area contributed by atoms with Gasteiger partial charge in [-0.25, -0.2) is 9.07 Å². The van der Waals surface area contributed by atoms with Crippen molar-refractivity contribution < 1.29 is 18.7 Å². The highest BCUT2D eigenvalue weighted by Crippen LogP contribution is 2.33. The third-order valence-corrected chi connectivity index (χ3v) is 5.18. The summed E-state index contributed by atoms with van der Waals surface area (Å²) in [5.41, 5.74) is 3.54. The minimum Gasteiger partial charge on any atom is -0.486 e. The smallest absolute Gasteiger partial charge is 0.255 e. The van der Waals surface area contributed by atoms with E-state index < -0.39 is 0 Å². The molecule has 2 heterocycles. The lowest BCUT2D eigenvalue weighted by atomic mass is 10.1. The standard InChI is InChI=1S/C25H20FN3O3/c26-19-11-9-17(10-12-19)23-18(16-29(28-23)20-5-2-1-3-6-20)15-27-25(30)21-7-4-8-22-24(21)32-14-13-31-22/h1-12,16H,13-15H2,(H,27,30). The molecule has 0 bridgehead atoms. The minimum absolute atomic E-state index is 0.239. The average Bonchev–Trinajstić information content (AvgIpc) is 3.27. The van der Waals surface area contributed by atoms with Crippen molar-refractivity contribution in [2.75, 3.05) is 13.2 Å². The van der Waals surface area contributed by atoms with Crippen LogP contribution in [0.2, 0.25) is 0 Å². The molecule has 6 nitrogen and oxygen atoms in total. The second-order valence-electron chi connectivity index (χ2n) is 7.30. The zero-order valence-corrected chi connectivity index (χ0v) is 17.1. The van der Waals surface area contributed by atoms with Crippen molar-refractivity contribution in [1.82, 2.24) is 15.1 Å². The predicted molar refractivity (Wildman–Crippen MR) is 118 cm³/mol. The Kier molecular flexibility index (Phi) is 5.29. The molecule has 1 N–H and O–H groups in total. The van der Waals surface area contributed by atoms with Crippen LogP contribution in [0.15, 0.2) is 79.0 Å². The monoisotopic (exact) mass is 429 g/mol. The van der Waals surface area contributed by atoms with Crippen molar-refractivity contribution >= 4 is 5.91 Å². The maximum atomic E-state index is 13.4. The third-order valence-electron chi connectivity index (χ3n) is 5.18. The van der Waals surface area contributed by atoms with Crippen molar-refractivity contribution in [3.63, 3.8) is 0 Å². The number of aromatic nitrogens is 2. The zero-order chi connectivity index (χ0) is 21.9. The van der Waals surface area contributed by atoms with E-state index in [0.29, 0.717) is 36.0 Å². The Bertz CT molecular complexity index is 1250. The van der Waals surface area contributed by atoms with Crippen LogP contribution in [0.3, 0.4) is 0 Å². The molecule has 1 aliphatic heterocycles. The van der Waals surface area contributed by atoms with Gasteiger partial charge in [0.05, 0.1) is 16.9 Å². The highest BCUT2D eigenvalue weighted by molar-refractivity contribution is 5.97. The minimum atomic E-state index is -0.317. The van der Waals surface area contributed by atoms with Gasteiger partial charge >= 0.3 is 0 Å². The average molecular weight is 429 g/mol. The van der Waals surface area contributed by atoms with Gasteiger partial charge in [-0.2, -0.15) is 5.10 Å². The summed E-state index contributed by atoms with van der Waals surface area (Å²) in [4.78, 5) is 12.9. The van der Waals surface area contributed by atoms with Gasteiger partial charge in [-0.15, -0.1) is 0 Å². The fourth-order valence-electron chi connectivity index (χ4n) is 3.63. The van der Waals surface area contributed by atoms with Crippen LogP contribution in [0.4, 0.5) is 4.39 Å². The van der Waals surface area contributed by atoms with Crippen LogP contribution in [0.1, 0.15) is 15.9 Å². The molecule has 3 aromatic carbocycles. The first-order valence-corrected chi connectivity index (χ1v) is 10.3. The third kappa shape index (κ3) is 3.92. The fraction of sp³-hybridized carbons (Fsp3) is 0.120. The number of benzene rings is 3. The van der Waals surface area contributed by atoms with Crippen molar-refractivity contribution in [3.05, 3.63) is 95.9 Å². The molecule has 5 rings (SSSR count). The fourth-order valence-corrected chi connectivity index (χ4v) is 3.63. The molecule has 0 radical (unpaired) electrons. The summed E-state index contributed by atoms with van der Waals surface area (Å²) in [6.45, 7) is 1.09. The van der Waals surface area contributed by atoms with Crippen LogP contribution in [0.25, 0.3) is 16.9 Å². The lowest BCUT2D eigenvalue weighted by Crippen LogP contribution is -2.25. The van der Waals surface area contributed by atoms with E-state index in [4.69, 9.17) is 14.6 Å². The Balaban J connectivity index is 1.44.